The second-order valence-corrected chi connectivity index (χ2v) is 9.13. The number of aryl methyl sites for hydroxylation is 1. The van der Waals surface area contributed by atoms with E-state index in [1.165, 1.54) is 0 Å². The zero-order valence-corrected chi connectivity index (χ0v) is 19.6. The van der Waals surface area contributed by atoms with Gasteiger partial charge in [0.1, 0.15) is 11.6 Å². The zero-order valence-electron chi connectivity index (χ0n) is 19.6. The van der Waals surface area contributed by atoms with Crippen molar-refractivity contribution in [2.45, 2.75) is 33.2 Å². The van der Waals surface area contributed by atoms with E-state index in [4.69, 9.17) is 0 Å². The van der Waals surface area contributed by atoms with Crippen LogP contribution in [0.3, 0.4) is 0 Å². The molecule has 0 N–H and O–H groups in total. The van der Waals surface area contributed by atoms with E-state index in [1.54, 1.807) is 10.8 Å². The van der Waals surface area contributed by atoms with E-state index < -0.39 is 0 Å². The highest BCUT2D eigenvalue weighted by Crippen LogP contribution is 2.18. The molecule has 9 nitrogen and oxygen atoms in total. The molecule has 5 rings (SSSR count). The van der Waals surface area contributed by atoms with Gasteiger partial charge in [-0.05, 0) is 30.2 Å². The maximum Gasteiger partial charge on any atom is 0.262 e. The third-order valence-electron chi connectivity index (χ3n) is 6.29. The number of carbonyl (C=O) groups is 1. The molecule has 0 spiro atoms. The number of hydrogen-bond acceptors (Lipinski definition) is 6. The Kier molecular flexibility index (Phi) is 6.00. The molecule has 1 aliphatic heterocycles. The second-order valence-electron chi connectivity index (χ2n) is 9.13. The highest BCUT2D eigenvalue weighted by molar-refractivity contribution is 5.80. The van der Waals surface area contributed by atoms with Gasteiger partial charge in [0.15, 0.2) is 0 Å². The van der Waals surface area contributed by atoms with Crippen LogP contribution in [0, 0.1) is 5.92 Å². The maximum absolute atomic E-state index is 13.1. The number of nitrogens with zero attached hydrogens (tertiary/aromatic N) is 7. The molecule has 0 atom stereocenters. The molecule has 1 aromatic carbocycles. The molecule has 34 heavy (non-hydrogen) atoms. The minimum absolute atomic E-state index is 0.0578. The number of aromatic nitrogens is 5. The Bertz CT molecular complexity index is 1370. The van der Waals surface area contributed by atoms with Gasteiger partial charge in [-0.15, -0.1) is 10.2 Å². The number of pyridine rings is 1. The highest BCUT2D eigenvalue weighted by atomic mass is 16.2. The van der Waals surface area contributed by atoms with Crippen molar-refractivity contribution in [3.63, 3.8) is 0 Å². The van der Waals surface area contributed by atoms with Gasteiger partial charge in [-0.1, -0.05) is 32.0 Å². The number of benzene rings is 1. The lowest BCUT2D eigenvalue weighted by atomic mass is 10.2. The van der Waals surface area contributed by atoms with Crippen molar-refractivity contribution in [2.75, 3.05) is 31.1 Å². The molecular weight excluding hydrogens is 430 g/mol. The number of carbonyl (C=O) groups excluding carboxylic acids is 1. The first-order valence-electron chi connectivity index (χ1n) is 11.8. The topological polar surface area (TPSA) is 88.6 Å². The molecule has 3 aromatic heterocycles. The molecule has 0 aliphatic carbocycles. The fourth-order valence-electron chi connectivity index (χ4n) is 4.61. The summed E-state index contributed by atoms with van der Waals surface area (Å²) in [6.45, 7) is 7.58. The highest BCUT2D eigenvalue weighted by Gasteiger charge is 2.23. The lowest BCUT2D eigenvalue weighted by molar-refractivity contribution is -0.131. The van der Waals surface area contributed by atoms with Gasteiger partial charge in [-0.25, -0.2) is 4.98 Å². The molecule has 176 valence electrons. The smallest absolute Gasteiger partial charge is 0.262 e. The third kappa shape index (κ3) is 4.13. The van der Waals surface area contributed by atoms with E-state index in [2.05, 4.69) is 33.9 Å². The Balaban J connectivity index is 1.34. The van der Waals surface area contributed by atoms with Crippen LogP contribution in [-0.2, 0) is 17.8 Å². The Morgan fingerprint density at radius 1 is 1.00 bits per heavy atom. The van der Waals surface area contributed by atoms with Gasteiger partial charge in [0.2, 0.25) is 11.7 Å². The first-order valence-corrected chi connectivity index (χ1v) is 11.8. The van der Waals surface area contributed by atoms with Gasteiger partial charge in [0.25, 0.3) is 5.56 Å². The van der Waals surface area contributed by atoms with Gasteiger partial charge in [-0.2, -0.15) is 0 Å². The maximum atomic E-state index is 13.1. The number of para-hydroxylation sites is 1. The molecule has 4 heterocycles. The van der Waals surface area contributed by atoms with Gasteiger partial charge < -0.3 is 9.80 Å². The number of hydrogen-bond donors (Lipinski definition) is 0. The van der Waals surface area contributed by atoms with E-state index in [-0.39, 0.29) is 17.4 Å². The molecule has 0 unspecified atom stereocenters. The summed E-state index contributed by atoms with van der Waals surface area (Å²) in [4.78, 5) is 34.6. The van der Waals surface area contributed by atoms with E-state index in [0.29, 0.717) is 49.5 Å². The summed E-state index contributed by atoms with van der Waals surface area (Å²) in [6, 6.07) is 13.4. The molecule has 0 saturated carbocycles. The van der Waals surface area contributed by atoms with Gasteiger partial charge >= 0.3 is 0 Å². The Morgan fingerprint density at radius 2 is 1.76 bits per heavy atom. The average molecular weight is 460 g/mol. The Labute approximate surface area is 197 Å². The Hall–Kier alpha value is -3.75. The molecule has 1 amide bonds. The fraction of sp³-hybridized carbons (Fsp3) is 0.400. The normalized spacial score (nSPS) is 14.4. The summed E-state index contributed by atoms with van der Waals surface area (Å²) in [5, 5.41) is 9.38. The van der Waals surface area contributed by atoms with Crippen LogP contribution in [0.15, 0.2) is 53.5 Å². The second kappa shape index (κ2) is 9.24. The van der Waals surface area contributed by atoms with E-state index in [0.717, 1.165) is 24.4 Å². The molecule has 4 aromatic rings. The summed E-state index contributed by atoms with van der Waals surface area (Å²) in [5.41, 5.74) is 0.719. The number of anilines is 1. The zero-order chi connectivity index (χ0) is 23.7. The van der Waals surface area contributed by atoms with Crippen LogP contribution < -0.4 is 10.5 Å². The van der Waals surface area contributed by atoms with Crippen molar-refractivity contribution in [1.82, 2.24) is 29.0 Å². The molecule has 0 bridgehead atoms. The molecule has 9 heteroatoms. The predicted molar refractivity (Wildman–Crippen MR) is 131 cm³/mol. The number of rotatable bonds is 6. The largest absolute Gasteiger partial charge is 0.353 e. The van der Waals surface area contributed by atoms with Gasteiger partial charge in [0, 0.05) is 51.8 Å². The summed E-state index contributed by atoms with van der Waals surface area (Å²) < 4.78 is 3.63. The van der Waals surface area contributed by atoms with Gasteiger partial charge in [-0.3, -0.25) is 18.6 Å². The van der Waals surface area contributed by atoms with Crippen LogP contribution in [0.5, 0.6) is 0 Å². The van der Waals surface area contributed by atoms with Crippen LogP contribution in [0.25, 0.3) is 16.7 Å². The first kappa shape index (κ1) is 22.1. The minimum atomic E-state index is -0.0578. The van der Waals surface area contributed by atoms with Crippen LogP contribution in [0.2, 0.25) is 0 Å². The Morgan fingerprint density at radius 3 is 2.50 bits per heavy atom. The fourth-order valence-corrected chi connectivity index (χ4v) is 4.61. The summed E-state index contributed by atoms with van der Waals surface area (Å²) in [5.74, 6) is 2.57. The lowest BCUT2D eigenvalue weighted by Crippen LogP contribution is -2.49. The molecule has 0 radical (unpaired) electrons. The van der Waals surface area contributed by atoms with Crippen LogP contribution >= 0.6 is 0 Å². The standard InChI is InChI=1S/C25H29N7O2/c1-18(2)17-31-24(34)19-7-3-4-8-20(19)32-22(27-28-25(31)32)10-11-23(33)30-15-13-29(14-16-30)21-9-5-6-12-26-21/h3-9,12,18H,10-11,13-17H2,1-2H3. The van der Waals surface area contributed by atoms with Crippen LogP contribution in [0.1, 0.15) is 26.1 Å². The number of fused-ring (bicyclic) bond motifs is 3. The number of amides is 1. The molecular formula is C25H29N7O2. The van der Waals surface area contributed by atoms with Crippen molar-refractivity contribution in [3.05, 3.63) is 64.8 Å². The van der Waals surface area contributed by atoms with Crippen molar-refractivity contribution >= 4 is 28.4 Å². The monoisotopic (exact) mass is 459 g/mol. The van der Waals surface area contributed by atoms with Crippen molar-refractivity contribution in [2.24, 2.45) is 5.92 Å². The van der Waals surface area contributed by atoms with Crippen molar-refractivity contribution in [3.8, 4) is 0 Å². The van der Waals surface area contributed by atoms with E-state index >= 15 is 0 Å². The minimum Gasteiger partial charge on any atom is -0.353 e. The summed E-state index contributed by atoms with van der Waals surface area (Å²) >= 11 is 0. The van der Waals surface area contributed by atoms with Crippen molar-refractivity contribution in [1.29, 1.82) is 0 Å². The third-order valence-corrected chi connectivity index (χ3v) is 6.29. The lowest BCUT2D eigenvalue weighted by Gasteiger charge is -2.35. The van der Waals surface area contributed by atoms with Gasteiger partial charge in [0.05, 0.1) is 10.9 Å². The van der Waals surface area contributed by atoms with Crippen molar-refractivity contribution < 1.29 is 4.79 Å². The SMILES string of the molecule is CC(C)Cn1c(=O)c2ccccc2n2c(CCC(=O)N3CCN(c4ccccn4)CC3)nnc12. The predicted octanol–water partition coefficient (Wildman–Crippen LogP) is 2.38. The average Bonchev–Trinajstić information content (AvgIpc) is 3.29. The summed E-state index contributed by atoms with van der Waals surface area (Å²) in [6.07, 6.45) is 2.60. The van der Waals surface area contributed by atoms with Crippen LogP contribution in [-0.4, -0.2) is 61.1 Å². The van der Waals surface area contributed by atoms with Crippen LogP contribution in [0.4, 0.5) is 5.82 Å². The first-order chi connectivity index (χ1) is 16.5. The molecule has 1 fully saturated rings. The summed E-state index contributed by atoms with van der Waals surface area (Å²) in [7, 11) is 0. The molecule has 1 aliphatic rings. The van der Waals surface area contributed by atoms with E-state index in [1.807, 2.05) is 51.8 Å². The molecule has 1 saturated heterocycles. The number of piperazine rings is 1. The quantitative estimate of drug-likeness (QED) is 0.440. The van der Waals surface area contributed by atoms with E-state index in [9.17, 15) is 9.59 Å².